The number of unbranched alkanes of at least 4 members (excludes halogenated alkanes) is 6. The van der Waals surface area contributed by atoms with Crippen molar-refractivity contribution in [2.45, 2.75) is 78.6 Å². The largest absolute Gasteiger partial charge is 0.465 e. The molecule has 0 fully saturated rings. The molecule has 0 bridgehead atoms. The minimum absolute atomic E-state index is 0.211. The van der Waals surface area contributed by atoms with Crippen molar-refractivity contribution in [3.63, 3.8) is 0 Å². The third-order valence-corrected chi connectivity index (χ3v) is 6.66. The van der Waals surface area contributed by atoms with E-state index in [1.54, 1.807) is 26.0 Å². The normalized spacial score (nSPS) is 11.5. The van der Waals surface area contributed by atoms with Crippen molar-refractivity contribution in [1.29, 1.82) is 0 Å². The fraction of sp³-hybridized carbons (Fsp3) is 0.538. The first-order valence-corrected chi connectivity index (χ1v) is 12.4. The summed E-state index contributed by atoms with van der Waals surface area (Å²) in [6.45, 7) is 6.09. The van der Waals surface area contributed by atoms with Gasteiger partial charge in [-0.15, -0.1) is 0 Å². The molecule has 0 spiro atoms. The fourth-order valence-corrected chi connectivity index (χ4v) is 4.42. The van der Waals surface area contributed by atoms with Gasteiger partial charge < -0.3 is 9.47 Å². The highest BCUT2D eigenvalue weighted by Crippen LogP contribution is 2.40. The second-order valence-electron chi connectivity index (χ2n) is 8.15. The van der Waals surface area contributed by atoms with Crippen LogP contribution in [0.25, 0.3) is 10.8 Å². The Kier molecular flexibility index (Phi) is 10.8. The molecule has 0 aliphatic heterocycles. The highest BCUT2D eigenvalue weighted by atomic mass is 35.5. The summed E-state index contributed by atoms with van der Waals surface area (Å²) in [5, 5.41) is 2.04. The molecule has 2 rings (SSSR count). The molecule has 0 heterocycles. The van der Waals surface area contributed by atoms with Gasteiger partial charge in [-0.25, -0.2) is 0 Å². The molecule has 0 aliphatic carbocycles. The Balaban J connectivity index is 2.07. The summed E-state index contributed by atoms with van der Waals surface area (Å²) in [4.78, 5) is 26.2. The number of halogens is 2. The number of carbonyl (C=O) groups is 2. The van der Waals surface area contributed by atoms with Crippen LogP contribution in [-0.2, 0) is 14.3 Å². The van der Waals surface area contributed by atoms with Gasteiger partial charge in [-0.3, -0.25) is 9.59 Å². The average Bonchev–Trinajstić information content (AvgIpc) is 2.79. The molecule has 2 aromatic rings. The minimum atomic E-state index is -1.37. The van der Waals surface area contributed by atoms with Crippen LogP contribution in [0.4, 0.5) is 0 Å². The Hall–Kier alpha value is -1.78. The van der Waals surface area contributed by atoms with Crippen molar-refractivity contribution in [3.05, 3.63) is 40.4 Å². The Morgan fingerprint density at radius 2 is 1.41 bits per heavy atom. The van der Waals surface area contributed by atoms with E-state index in [1.165, 1.54) is 25.7 Å². The lowest BCUT2D eigenvalue weighted by atomic mass is 9.82. The SMILES string of the molecule is CCCCCCCCCOC(=O)C(CC)(CC)C(=O)Oc1c(Cl)cc(Cl)c2ccccc12. The Bertz CT molecular complexity index is 906. The molecular weight excluding hydrogens is 447 g/mol. The summed E-state index contributed by atoms with van der Waals surface area (Å²) in [5.74, 6) is -0.975. The van der Waals surface area contributed by atoms with Crippen LogP contribution in [0.15, 0.2) is 30.3 Å². The highest BCUT2D eigenvalue weighted by Gasteiger charge is 2.46. The van der Waals surface area contributed by atoms with Crippen LogP contribution < -0.4 is 4.74 Å². The molecule has 0 N–H and O–H groups in total. The molecule has 0 radical (unpaired) electrons. The molecule has 0 amide bonds. The number of esters is 2. The van der Waals surface area contributed by atoms with Gasteiger partial charge >= 0.3 is 11.9 Å². The lowest BCUT2D eigenvalue weighted by Crippen LogP contribution is -2.42. The monoisotopic (exact) mass is 480 g/mol. The minimum Gasteiger partial charge on any atom is -0.465 e. The maximum atomic E-state index is 13.2. The molecule has 0 atom stereocenters. The first kappa shape index (κ1) is 26.5. The van der Waals surface area contributed by atoms with Crippen LogP contribution in [-0.4, -0.2) is 18.5 Å². The lowest BCUT2D eigenvalue weighted by molar-refractivity contribution is -0.168. The van der Waals surface area contributed by atoms with Crippen LogP contribution in [0.1, 0.15) is 78.6 Å². The summed E-state index contributed by atoms with van der Waals surface area (Å²) in [6, 6.07) is 8.82. The van der Waals surface area contributed by atoms with Crippen LogP contribution >= 0.6 is 23.2 Å². The van der Waals surface area contributed by atoms with E-state index < -0.39 is 17.4 Å². The number of fused-ring (bicyclic) bond motifs is 1. The quantitative estimate of drug-likeness (QED) is 0.125. The first-order valence-electron chi connectivity index (χ1n) is 11.7. The summed E-state index contributed by atoms with van der Waals surface area (Å²) in [6.07, 6.45) is 8.44. The van der Waals surface area contributed by atoms with E-state index in [1.807, 2.05) is 18.2 Å². The topological polar surface area (TPSA) is 52.6 Å². The van der Waals surface area contributed by atoms with Gasteiger partial charge in [0.1, 0.15) is 0 Å². The third kappa shape index (κ3) is 6.39. The molecule has 0 saturated carbocycles. The van der Waals surface area contributed by atoms with E-state index in [4.69, 9.17) is 32.7 Å². The molecule has 4 nitrogen and oxygen atoms in total. The summed E-state index contributed by atoms with van der Waals surface area (Å²) in [5.41, 5.74) is -1.37. The number of rotatable bonds is 13. The molecular formula is C26H34Cl2O4. The molecule has 0 aliphatic rings. The molecule has 2 aromatic carbocycles. The lowest BCUT2D eigenvalue weighted by Gasteiger charge is -2.27. The first-order chi connectivity index (χ1) is 15.4. The van der Waals surface area contributed by atoms with Crippen molar-refractivity contribution in [3.8, 4) is 5.75 Å². The molecule has 176 valence electrons. The smallest absolute Gasteiger partial charge is 0.328 e. The Morgan fingerprint density at radius 1 is 0.812 bits per heavy atom. The summed E-state index contributed by atoms with van der Waals surface area (Å²) >= 11 is 12.6. The van der Waals surface area contributed by atoms with Gasteiger partial charge in [-0.1, -0.05) is 107 Å². The van der Waals surface area contributed by atoms with Crippen LogP contribution in [0, 0.1) is 5.41 Å². The van der Waals surface area contributed by atoms with Gasteiger partial charge in [0.15, 0.2) is 11.2 Å². The number of hydrogen-bond acceptors (Lipinski definition) is 4. The number of carbonyl (C=O) groups excluding carboxylic acids is 2. The van der Waals surface area contributed by atoms with Gasteiger partial charge in [0.2, 0.25) is 0 Å². The van der Waals surface area contributed by atoms with Crippen LogP contribution in [0.5, 0.6) is 5.75 Å². The number of benzene rings is 2. The standard InChI is InChI=1S/C26H34Cl2O4/c1-4-7-8-9-10-11-14-17-31-24(29)26(5-2,6-3)25(30)32-23-20-16-13-12-15-19(20)21(27)18-22(23)28/h12-13,15-16,18H,4-11,14,17H2,1-3H3. The van der Waals surface area contributed by atoms with Gasteiger partial charge in [0.05, 0.1) is 16.7 Å². The van der Waals surface area contributed by atoms with Gasteiger partial charge in [-0.05, 0) is 25.3 Å². The molecule has 6 heteroatoms. The predicted molar refractivity (Wildman–Crippen MR) is 132 cm³/mol. The molecule has 0 unspecified atom stereocenters. The van der Waals surface area contributed by atoms with Gasteiger partial charge in [-0.2, -0.15) is 0 Å². The zero-order valence-electron chi connectivity index (χ0n) is 19.3. The summed E-state index contributed by atoms with van der Waals surface area (Å²) in [7, 11) is 0. The van der Waals surface area contributed by atoms with Crippen LogP contribution in [0.2, 0.25) is 10.0 Å². The van der Waals surface area contributed by atoms with Crippen molar-refractivity contribution in [1.82, 2.24) is 0 Å². The number of hydrogen-bond donors (Lipinski definition) is 0. The van der Waals surface area contributed by atoms with Gasteiger partial charge in [0, 0.05) is 10.8 Å². The highest BCUT2D eigenvalue weighted by molar-refractivity contribution is 6.40. The van der Waals surface area contributed by atoms with Crippen LogP contribution in [0.3, 0.4) is 0 Å². The van der Waals surface area contributed by atoms with Crippen molar-refractivity contribution in [2.75, 3.05) is 6.61 Å². The van der Waals surface area contributed by atoms with Crippen molar-refractivity contribution < 1.29 is 19.1 Å². The second kappa shape index (κ2) is 13.1. The predicted octanol–water partition coefficient (Wildman–Crippen LogP) is 8.15. The van der Waals surface area contributed by atoms with E-state index in [0.29, 0.717) is 17.0 Å². The van der Waals surface area contributed by atoms with E-state index in [9.17, 15) is 9.59 Å². The Morgan fingerprint density at radius 3 is 2.03 bits per heavy atom. The zero-order valence-corrected chi connectivity index (χ0v) is 20.9. The molecule has 32 heavy (non-hydrogen) atoms. The Labute approximate surface area is 201 Å². The van der Waals surface area contributed by atoms with E-state index >= 15 is 0 Å². The number of ether oxygens (including phenoxy) is 2. The molecule has 0 aromatic heterocycles. The van der Waals surface area contributed by atoms with Crippen molar-refractivity contribution in [2.24, 2.45) is 5.41 Å². The van der Waals surface area contributed by atoms with E-state index in [0.717, 1.165) is 24.6 Å². The van der Waals surface area contributed by atoms with E-state index in [-0.39, 0.29) is 23.6 Å². The fourth-order valence-electron chi connectivity index (χ4n) is 3.84. The second-order valence-corrected chi connectivity index (χ2v) is 8.97. The third-order valence-electron chi connectivity index (χ3n) is 6.06. The zero-order chi connectivity index (χ0) is 23.6. The van der Waals surface area contributed by atoms with Crippen molar-refractivity contribution >= 4 is 45.9 Å². The maximum absolute atomic E-state index is 13.2. The van der Waals surface area contributed by atoms with Gasteiger partial charge in [0.25, 0.3) is 0 Å². The summed E-state index contributed by atoms with van der Waals surface area (Å²) < 4.78 is 11.3. The van der Waals surface area contributed by atoms with E-state index in [2.05, 4.69) is 6.92 Å². The maximum Gasteiger partial charge on any atom is 0.328 e. The molecule has 0 saturated heterocycles. The average molecular weight is 481 g/mol.